The maximum Gasteiger partial charge on any atom is 0.416 e. The fourth-order valence-corrected chi connectivity index (χ4v) is 2.36. The van der Waals surface area contributed by atoms with E-state index in [4.69, 9.17) is 5.73 Å². The number of nitrogens with two attached hydrogens (primary N) is 1. The zero-order valence-corrected chi connectivity index (χ0v) is 11.6. The predicted molar refractivity (Wildman–Crippen MR) is 70.2 cm³/mol. The molecule has 0 unspecified atom stereocenters. The second-order valence-corrected chi connectivity index (χ2v) is 5.64. The van der Waals surface area contributed by atoms with E-state index in [-0.39, 0.29) is 24.2 Å². The minimum Gasteiger partial charge on any atom is -0.326 e. The van der Waals surface area contributed by atoms with Crippen LogP contribution in [0, 0.1) is 5.41 Å². The van der Waals surface area contributed by atoms with Crippen LogP contribution in [0.2, 0.25) is 0 Å². The Morgan fingerprint density at radius 1 is 1.29 bits per heavy atom. The molecule has 1 saturated heterocycles. The Balaban J connectivity index is 2.52. The Morgan fingerprint density at radius 2 is 1.90 bits per heavy atom. The molecule has 1 aromatic rings. The average molecular weight is 300 g/mol. The summed E-state index contributed by atoms with van der Waals surface area (Å²) in [5.41, 5.74) is 3.33. The molecule has 4 nitrogen and oxygen atoms in total. The van der Waals surface area contributed by atoms with Gasteiger partial charge in [-0.2, -0.15) is 13.2 Å². The first-order valence-corrected chi connectivity index (χ1v) is 6.35. The van der Waals surface area contributed by atoms with Gasteiger partial charge in [0.25, 0.3) is 0 Å². The van der Waals surface area contributed by atoms with Crippen molar-refractivity contribution in [1.29, 1.82) is 0 Å². The molecule has 0 atom stereocenters. The smallest absolute Gasteiger partial charge is 0.326 e. The van der Waals surface area contributed by atoms with Gasteiger partial charge < -0.3 is 5.73 Å². The third-order valence-electron chi connectivity index (χ3n) is 3.50. The molecule has 0 aromatic heterocycles. The molecule has 0 spiro atoms. The summed E-state index contributed by atoms with van der Waals surface area (Å²) in [6.45, 7) is 2.90. The van der Waals surface area contributed by atoms with Gasteiger partial charge in [-0.25, -0.2) is 0 Å². The molecule has 1 fully saturated rings. The molecule has 0 radical (unpaired) electrons. The molecule has 2 amide bonds. The molecular weight excluding hydrogens is 285 g/mol. The van der Waals surface area contributed by atoms with Gasteiger partial charge in [0.15, 0.2) is 0 Å². The molecule has 2 rings (SSSR count). The molecule has 114 valence electrons. The Labute approximate surface area is 119 Å². The van der Waals surface area contributed by atoms with E-state index in [1.807, 2.05) is 0 Å². The number of benzene rings is 1. The van der Waals surface area contributed by atoms with Crippen molar-refractivity contribution in [2.24, 2.45) is 11.1 Å². The van der Waals surface area contributed by atoms with Crippen LogP contribution in [0.15, 0.2) is 18.2 Å². The first-order chi connectivity index (χ1) is 9.58. The van der Waals surface area contributed by atoms with E-state index in [0.717, 1.165) is 11.0 Å². The Kier molecular flexibility index (Phi) is 3.57. The number of carbonyl (C=O) groups excluding carboxylic acids is 2. The summed E-state index contributed by atoms with van der Waals surface area (Å²) >= 11 is 0. The van der Waals surface area contributed by atoms with E-state index in [1.54, 1.807) is 13.8 Å². The van der Waals surface area contributed by atoms with Crippen LogP contribution >= 0.6 is 0 Å². The topological polar surface area (TPSA) is 63.4 Å². The quantitative estimate of drug-likeness (QED) is 0.853. The summed E-state index contributed by atoms with van der Waals surface area (Å²) in [5.74, 6) is -1.00. The number of hydrogen-bond donors (Lipinski definition) is 1. The summed E-state index contributed by atoms with van der Waals surface area (Å²) in [4.78, 5) is 24.9. The predicted octanol–water partition coefficient (Wildman–Crippen LogP) is 2.45. The number of anilines is 1. The third-order valence-corrected chi connectivity index (χ3v) is 3.50. The second-order valence-electron chi connectivity index (χ2n) is 5.64. The van der Waals surface area contributed by atoms with Gasteiger partial charge in [0, 0.05) is 13.0 Å². The van der Waals surface area contributed by atoms with Crippen LogP contribution in [0.3, 0.4) is 0 Å². The maximum absolute atomic E-state index is 13.0. The summed E-state index contributed by atoms with van der Waals surface area (Å²) < 4.78 is 39.0. The van der Waals surface area contributed by atoms with Gasteiger partial charge in [-0.15, -0.1) is 0 Å². The molecule has 7 heteroatoms. The van der Waals surface area contributed by atoms with Crippen LogP contribution in [-0.4, -0.2) is 11.8 Å². The van der Waals surface area contributed by atoms with Gasteiger partial charge >= 0.3 is 6.18 Å². The van der Waals surface area contributed by atoms with Crippen molar-refractivity contribution in [1.82, 2.24) is 0 Å². The van der Waals surface area contributed by atoms with Crippen LogP contribution in [0.1, 0.15) is 31.4 Å². The normalized spacial score (nSPS) is 18.5. The van der Waals surface area contributed by atoms with Crippen LogP contribution in [0.5, 0.6) is 0 Å². The molecule has 0 bridgehead atoms. The second kappa shape index (κ2) is 4.84. The van der Waals surface area contributed by atoms with E-state index < -0.39 is 29.0 Å². The van der Waals surface area contributed by atoms with Crippen molar-refractivity contribution in [3.05, 3.63) is 29.3 Å². The summed E-state index contributed by atoms with van der Waals surface area (Å²) in [6, 6.07) is 3.32. The summed E-state index contributed by atoms with van der Waals surface area (Å²) in [7, 11) is 0. The Bertz CT molecular complexity index is 609. The molecule has 1 aliphatic heterocycles. The number of nitrogens with zero attached hydrogens (tertiary/aromatic N) is 1. The molecule has 2 N–H and O–H groups in total. The lowest BCUT2D eigenvalue weighted by atomic mass is 9.92. The van der Waals surface area contributed by atoms with Gasteiger partial charge in [-0.3, -0.25) is 14.5 Å². The highest BCUT2D eigenvalue weighted by Gasteiger charge is 2.46. The number of alkyl halides is 3. The lowest BCUT2D eigenvalue weighted by molar-refractivity contribution is -0.138. The molecule has 1 aliphatic rings. The van der Waals surface area contributed by atoms with E-state index in [9.17, 15) is 22.8 Å². The fraction of sp³-hybridized carbons (Fsp3) is 0.429. The lowest BCUT2D eigenvalue weighted by Gasteiger charge is -2.20. The number of hydrogen-bond acceptors (Lipinski definition) is 3. The van der Waals surface area contributed by atoms with Crippen molar-refractivity contribution >= 4 is 17.5 Å². The molecule has 0 saturated carbocycles. The highest BCUT2D eigenvalue weighted by Crippen LogP contribution is 2.38. The molecule has 0 aliphatic carbocycles. The van der Waals surface area contributed by atoms with Gasteiger partial charge in [0.05, 0.1) is 16.7 Å². The number of amides is 2. The largest absolute Gasteiger partial charge is 0.416 e. The zero-order chi connectivity index (χ0) is 16.0. The zero-order valence-electron chi connectivity index (χ0n) is 11.6. The molecule has 21 heavy (non-hydrogen) atoms. The van der Waals surface area contributed by atoms with Crippen molar-refractivity contribution in [3.8, 4) is 0 Å². The van der Waals surface area contributed by atoms with Gasteiger partial charge in [-0.1, -0.05) is 19.9 Å². The number of imide groups is 1. The van der Waals surface area contributed by atoms with E-state index in [2.05, 4.69) is 0 Å². The first kappa shape index (κ1) is 15.5. The molecular formula is C14H15F3N2O2. The van der Waals surface area contributed by atoms with Crippen LogP contribution < -0.4 is 10.6 Å². The Morgan fingerprint density at radius 3 is 2.33 bits per heavy atom. The van der Waals surface area contributed by atoms with Gasteiger partial charge in [0.2, 0.25) is 11.8 Å². The molecule has 1 aromatic carbocycles. The first-order valence-electron chi connectivity index (χ1n) is 6.35. The van der Waals surface area contributed by atoms with Crippen molar-refractivity contribution in [2.45, 2.75) is 33.0 Å². The maximum atomic E-state index is 13.0. The van der Waals surface area contributed by atoms with Crippen LogP contribution in [0.25, 0.3) is 0 Å². The van der Waals surface area contributed by atoms with Gasteiger partial charge in [-0.05, 0) is 17.7 Å². The minimum atomic E-state index is -4.59. The van der Waals surface area contributed by atoms with E-state index >= 15 is 0 Å². The SMILES string of the molecule is CC1(C)CC(=O)N(c2ccc(CN)c(C(F)(F)F)c2)C1=O. The van der Waals surface area contributed by atoms with Gasteiger partial charge in [0.1, 0.15) is 0 Å². The minimum absolute atomic E-state index is 0.0220. The number of carbonyl (C=O) groups is 2. The number of halogens is 3. The highest BCUT2D eigenvalue weighted by molar-refractivity contribution is 6.22. The lowest BCUT2D eigenvalue weighted by Crippen LogP contribution is -2.33. The molecule has 1 heterocycles. The third kappa shape index (κ3) is 2.65. The van der Waals surface area contributed by atoms with Crippen molar-refractivity contribution in [3.63, 3.8) is 0 Å². The van der Waals surface area contributed by atoms with Crippen LogP contribution in [0.4, 0.5) is 18.9 Å². The number of rotatable bonds is 2. The Hall–Kier alpha value is -1.89. The monoisotopic (exact) mass is 300 g/mol. The van der Waals surface area contributed by atoms with Crippen LogP contribution in [-0.2, 0) is 22.3 Å². The average Bonchev–Trinajstić information content (AvgIpc) is 2.56. The highest BCUT2D eigenvalue weighted by atomic mass is 19.4. The van der Waals surface area contributed by atoms with Crippen molar-refractivity contribution < 1.29 is 22.8 Å². The van der Waals surface area contributed by atoms with Crippen molar-refractivity contribution in [2.75, 3.05) is 4.90 Å². The fourth-order valence-electron chi connectivity index (χ4n) is 2.36. The van der Waals surface area contributed by atoms with E-state index in [1.165, 1.54) is 12.1 Å². The standard InChI is InChI=1S/C14H15F3N2O2/c1-13(2)6-11(20)19(12(13)21)9-4-3-8(7-18)10(5-9)14(15,16)17/h3-5H,6-7,18H2,1-2H3. The van der Waals surface area contributed by atoms with E-state index in [0.29, 0.717) is 0 Å². The summed E-state index contributed by atoms with van der Waals surface area (Å²) in [6.07, 6.45) is -4.61. The summed E-state index contributed by atoms with van der Waals surface area (Å²) in [5, 5.41) is 0.